The average Bonchev–Trinajstić information content (AvgIpc) is 2.88. The summed E-state index contributed by atoms with van der Waals surface area (Å²) >= 11 is 0. The Morgan fingerprint density at radius 3 is 2.43 bits per heavy atom. The maximum atomic E-state index is 13.9. The van der Waals surface area contributed by atoms with Gasteiger partial charge in [-0.05, 0) is 28.8 Å². The van der Waals surface area contributed by atoms with Crippen molar-refractivity contribution in [2.75, 3.05) is 7.11 Å². The molecule has 1 aliphatic rings. The van der Waals surface area contributed by atoms with Gasteiger partial charge in [0.15, 0.2) is 0 Å². The number of hydrogen-bond acceptors (Lipinski definition) is 3. The number of ether oxygens (including phenoxy) is 1. The van der Waals surface area contributed by atoms with Gasteiger partial charge < -0.3 is 4.74 Å². The Labute approximate surface area is 123 Å². The fraction of sp³-hybridized carbons (Fsp3) is 0.235. The normalized spacial score (nSPS) is 14.0. The second-order valence-electron chi connectivity index (χ2n) is 5.22. The van der Waals surface area contributed by atoms with Crippen LogP contribution < -0.4 is 0 Å². The molecule has 1 aliphatic heterocycles. The molecule has 108 valence electrons. The molecular weight excluding hydrogens is 269 g/mol. The van der Waals surface area contributed by atoms with Crippen LogP contribution in [-0.4, -0.2) is 18.0 Å². The minimum Gasteiger partial charge on any atom is -0.465 e. The summed E-state index contributed by atoms with van der Waals surface area (Å²) in [5.74, 6) is -1.18. The summed E-state index contributed by atoms with van der Waals surface area (Å²) < 4.78 is 18.4. The van der Waals surface area contributed by atoms with Crippen LogP contribution in [0.3, 0.4) is 0 Å². The summed E-state index contributed by atoms with van der Waals surface area (Å²) in [6.07, 6.45) is 0. The lowest BCUT2D eigenvalue weighted by Crippen LogP contribution is -2.16. The highest BCUT2D eigenvalue weighted by Crippen LogP contribution is 2.24. The molecule has 0 saturated carbocycles. The number of fused-ring (bicyclic) bond motifs is 1. The standard InChI is InChI=1S/C17H16FNO2/c1-21-17(20)15-7-6-12(8-16(15)18)9-19-10-13-4-2-3-5-14(13)11-19/h2-8H,9-11H2,1H3. The lowest BCUT2D eigenvalue weighted by molar-refractivity contribution is 0.0595. The number of carbonyl (C=O) groups excluding carboxylic acids is 1. The van der Waals surface area contributed by atoms with Gasteiger partial charge in [0.25, 0.3) is 0 Å². The van der Waals surface area contributed by atoms with Crippen molar-refractivity contribution in [2.24, 2.45) is 0 Å². The van der Waals surface area contributed by atoms with Crippen LogP contribution in [-0.2, 0) is 24.4 Å². The largest absolute Gasteiger partial charge is 0.465 e. The molecule has 3 rings (SSSR count). The second-order valence-corrected chi connectivity index (χ2v) is 5.22. The van der Waals surface area contributed by atoms with Crippen LogP contribution in [0, 0.1) is 5.82 Å². The van der Waals surface area contributed by atoms with E-state index >= 15 is 0 Å². The molecule has 0 N–H and O–H groups in total. The van der Waals surface area contributed by atoms with Gasteiger partial charge in [-0.2, -0.15) is 0 Å². The number of hydrogen-bond donors (Lipinski definition) is 0. The fourth-order valence-electron chi connectivity index (χ4n) is 2.71. The zero-order chi connectivity index (χ0) is 14.8. The highest BCUT2D eigenvalue weighted by atomic mass is 19.1. The van der Waals surface area contributed by atoms with E-state index in [2.05, 4.69) is 21.8 Å². The molecule has 0 atom stereocenters. The molecule has 2 aromatic rings. The molecule has 2 aromatic carbocycles. The quantitative estimate of drug-likeness (QED) is 0.811. The second kappa shape index (κ2) is 5.66. The summed E-state index contributed by atoms with van der Waals surface area (Å²) in [5, 5.41) is 0. The van der Waals surface area contributed by atoms with E-state index in [0.717, 1.165) is 18.7 Å². The molecule has 1 heterocycles. The van der Waals surface area contributed by atoms with Crippen LogP contribution in [0.4, 0.5) is 4.39 Å². The van der Waals surface area contributed by atoms with Crippen LogP contribution >= 0.6 is 0 Å². The van der Waals surface area contributed by atoms with Crippen molar-refractivity contribution < 1.29 is 13.9 Å². The molecule has 0 aromatic heterocycles. The number of carbonyl (C=O) groups is 1. The van der Waals surface area contributed by atoms with Gasteiger partial charge in [-0.1, -0.05) is 30.3 Å². The Morgan fingerprint density at radius 2 is 1.86 bits per heavy atom. The SMILES string of the molecule is COC(=O)c1ccc(CN2Cc3ccccc3C2)cc1F. The van der Waals surface area contributed by atoms with Crippen LogP contribution in [0.1, 0.15) is 27.0 Å². The lowest BCUT2D eigenvalue weighted by Gasteiger charge is -2.15. The van der Waals surface area contributed by atoms with Crippen LogP contribution in [0.15, 0.2) is 42.5 Å². The molecule has 3 nitrogen and oxygen atoms in total. The topological polar surface area (TPSA) is 29.5 Å². The molecule has 21 heavy (non-hydrogen) atoms. The highest BCUT2D eigenvalue weighted by Gasteiger charge is 2.19. The van der Waals surface area contributed by atoms with Crippen molar-refractivity contribution in [3.63, 3.8) is 0 Å². The number of esters is 1. The molecule has 4 heteroatoms. The van der Waals surface area contributed by atoms with Gasteiger partial charge in [0, 0.05) is 19.6 Å². The minimum absolute atomic E-state index is 0.0223. The van der Waals surface area contributed by atoms with Gasteiger partial charge in [0.1, 0.15) is 5.82 Å². The van der Waals surface area contributed by atoms with Crippen LogP contribution in [0.25, 0.3) is 0 Å². The van der Waals surface area contributed by atoms with Crippen molar-refractivity contribution >= 4 is 5.97 Å². The Hall–Kier alpha value is -2.20. The van der Waals surface area contributed by atoms with Gasteiger partial charge in [0.2, 0.25) is 0 Å². The van der Waals surface area contributed by atoms with Crippen molar-refractivity contribution in [3.8, 4) is 0 Å². The zero-order valence-corrected chi connectivity index (χ0v) is 11.8. The zero-order valence-electron chi connectivity index (χ0n) is 11.8. The Kier molecular flexibility index (Phi) is 3.71. The predicted octanol–water partition coefficient (Wildman–Crippen LogP) is 3.13. The Morgan fingerprint density at radius 1 is 1.19 bits per heavy atom. The average molecular weight is 285 g/mol. The third kappa shape index (κ3) is 2.81. The third-order valence-electron chi connectivity index (χ3n) is 3.75. The molecule has 0 unspecified atom stereocenters. The molecule has 0 amide bonds. The Balaban J connectivity index is 1.72. The van der Waals surface area contributed by atoms with E-state index < -0.39 is 11.8 Å². The summed E-state index contributed by atoms with van der Waals surface area (Å²) in [5.41, 5.74) is 3.48. The molecule has 0 spiro atoms. The van der Waals surface area contributed by atoms with Crippen LogP contribution in [0.5, 0.6) is 0 Å². The molecule has 0 bridgehead atoms. The molecule has 0 radical (unpaired) electrons. The van der Waals surface area contributed by atoms with E-state index in [1.807, 2.05) is 12.1 Å². The molecule has 0 fully saturated rings. The summed E-state index contributed by atoms with van der Waals surface area (Å²) in [6, 6.07) is 13.0. The Bertz CT molecular complexity index is 659. The fourth-order valence-corrected chi connectivity index (χ4v) is 2.71. The van der Waals surface area contributed by atoms with E-state index in [1.54, 1.807) is 6.07 Å². The first kappa shape index (κ1) is 13.8. The number of benzene rings is 2. The monoisotopic (exact) mass is 285 g/mol. The van der Waals surface area contributed by atoms with Crippen molar-refractivity contribution in [3.05, 3.63) is 70.5 Å². The smallest absolute Gasteiger partial charge is 0.340 e. The van der Waals surface area contributed by atoms with Gasteiger partial charge >= 0.3 is 5.97 Å². The van der Waals surface area contributed by atoms with E-state index in [1.165, 1.54) is 30.4 Å². The van der Waals surface area contributed by atoms with Gasteiger partial charge in [0.05, 0.1) is 12.7 Å². The minimum atomic E-state index is -0.646. The predicted molar refractivity (Wildman–Crippen MR) is 77.1 cm³/mol. The van der Waals surface area contributed by atoms with Crippen molar-refractivity contribution in [1.29, 1.82) is 0 Å². The maximum absolute atomic E-state index is 13.9. The lowest BCUT2D eigenvalue weighted by atomic mass is 10.1. The molecule has 0 aliphatic carbocycles. The van der Waals surface area contributed by atoms with Crippen molar-refractivity contribution in [1.82, 2.24) is 4.90 Å². The summed E-state index contributed by atoms with van der Waals surface area (Å²) in [7, 11) is 1.25. The number of nitrogens with zero attached hydrogens (tertiary/aromatic N) is 1. The maximum Gasteiger partial charge on any atom is 0.340 e. The molecule has 0 saturated heterocycles. The van der Waals surface area contributed by atoms with E-state index in [4.69, 9.17) is 0 Å². The summed E-state index contributed by atoms with van der Waals surface area (Å²) in [4.78, 5) is 13.6. The third-order valence-corrected chi connectivity index (χ3v) is 3.75. The van der Waals surface area contributed by atoms with E-state index in [-0.39, 0.29) is 5.56 Å². The highest BCUT2D eigenvalue weighted by molar-refractivity contribution is 5.89. The first-order valence-electron chi connectivity index (χ1n) is 6.83. The van der Waals surface area contributed by atoms with E-state index in [9.17, 15) is 9.18 Å². The number of methoxy groups -OCH3 is 1. The number of halogens is 1. The number of rotatable bonds is 3. The van der Waals surface area contributed by atoms with Gasteiger partial charge in [-0.25, -0.2) is 9.18 Å². The van der Waals surface area contributed by atoms with Crippen molar-refractivity contribution in [2.45, 2.75) is 19.6 Å². The molecular formula is C17H16FNO2. The van der Waals surface area contributed by atoms with Crippen LogP contribution in [0.2, 0.25) is 0 Å². The first-order valence-corrected chi connectivity index (χ1v) is 6.83. The summed E-state index contributed by atoms with van der Waals surface area (Å²) in [6.45, 7) is 2.40. The van der Waals surface area contributed by atoms with Gasteiger partial charge in [-0.3, -0.25) is 4.90 Å². The van der Waals surface area contributed by atoms with E-state index in [0.29, 0.717) is 6.54 Å². The van der Waals surface area contributed by atoms with Gasteiger partial charge in [-0.15, -0.1) is 0 Å². The first-order chi connectivity index (χ1) is 10.2.